The zero-order valence-electron chi connectivity index (χ0n) is 16.3. The van der Waals surface area contributed by atoms with Crippen LogP contribution in [0.2, 0.25) is 0 Å². The average molecular weight is 371 g/mol. The van der Waals surface area contributed by atoms with E-state index in [1.54, 1.807) is 31.1 Å². The van der Waals surface area contributed by atoms with Crippen LogP contribution in [0.5, 0.6) is 0 Å². The summed E-state index contributed by atoms with van der Waals surface area (Å²) >= 11 is 0. The molecule has 144 valence electrons. The summed E-state index contributed by atoms with van der Waals surface area (Å²) in [6, 6.07) is 7.70. The molecule has 1 fully saturated rings. The van der Waals surface area contributed by atoms with Gasteiger partial charge in [0.15, 0.2) is 17.5 Å². The highest BCUT2D eigenvalue weighted by Crippen LogP contribution is 2.21. The molecule has 1 saturated heterocycles. The molecular formula is C20H26FN5O. The summed E-state index contributed by atoms with van der Waals surface area (Å²) in [4.78, 5) is 26.9. The lowest BCUT2D eigenvalue weighted by molar-refractivity contribution is 0.0595. The Balaban J connectivity index is 1.72. The second-order valence-electron chi connectivity index (χ2n) is 7.26. The van der Waals surface area contributed by atoms with E-state index in [1.165, 1.54) is 6.20 Å². The fourth-order valence-electron chi connectivity index (χ4n) is 3.20. The molecule has 1 aromatic carbocycles. The molecule has 0 bridgehead atoms. The fourth-order valence-corrected chi connectivity index (χ4v) is 3.20. The largest absolute Gasteiger partial charge is 0.360 e. The second kappa shape index (κ2) is 8.00. The minimum absolute atomic E-state index is 0.0407. The number of halogens is 1. The van der Waals surface area contributed by atoms with E-state index in [0.29, 0.717) is 17.4 Å². The first-order valence-corrected chi connectivity index (χ1v) is 9.20. The summed E-state index contributed by atoms with van der Waals surface area (Å²) in [7, 11) is 3.46. The van der Waals surface area contributed by atoms with Gasteiger partial charge in [0.05, 0.1) is 6.20 Å². The Hall–Kier alpha value is -2.54. The Bertz CT molecular complexity index is 799. The van der Waals surface area contributed by atoms with Crippen molar-refractivity contribution in [2.45, 2.75) is 19.9 Å². The predicted octanol–water partition coefficient (Wildman–Crippen LogP) is 2.51. The minimum Gasteiger partial charge on any atom is -0.360 e. The lowest BCUT2D eigenvalue weighted by Crippen LogP contribution is -2.50. The van der Waals surface area contributed by atoms with Crippen molar-refractivity contribution in [2.75, 3.05) is 45.2 Å². The zero-order valence-corrected chi connectivity index (χ0v) is 16.3. The highest BCUT2D eigenvalue weighted by molar-refractivity contribution is 5.94. The third-order valence-corrected chi connectivity index (χ3v) is 4.87. The van der Waals surface area contributed by atoms with Crippen LogP contribution in [0.25, 0.3) is 11.4 Å². The van der Waals surface area contributed by atoms with Crippen LogP contribution in [-0.4, -0.2) is 72.0 Å². The van der Waals surface area contributed by atoms with E-state index >= 15 is 0 Å². The first-order chi connectivity index (χ1) is 12.9. The molecule has 0 spiro atoms. The molecule has 0 unspecified atom stereocenters. The molecule has 0 atom stereocenters. The molecule has 6 nitrogen and oxygen atoms in total. The van der Waals surface area contributed by atoms with Crippen molar-refractivity contribution in [3.63, 3.8) is 0 Å². The molecule has 1 amide bonds. The molecule has 2 heterocycles. The SMILES string of the molecule is CC(C)N1CCN(C(=O)c2ccc(-c3ncc(F)c(N(C)C)n3)cc2)CC1. The van der Waals surface area contributed by atoms with Gasteiger partial charge in [0, 0.05) is 57.4 Å². The zero-order chi connectivity index (χ0) is 19.6. The van der Waals surface area contributed by atoms with E-state index in [-0.39, 0.29) is 11.7 Å². The highest BCUT2D eigenvalue weighted by atomic mass is 19.1. The molecule has 1 aromatic heterocycles. The smallest absolute Gasteiger partial charge is 0.253 e. The van der Waals surface area contributed by atoms with Gasteiger partial charge >= 0.3 is 0 Å². The Kier molecular flexibility index (Phi) is 5.70. The van der Waals surface area contributed by atoms with Crippen LogP contribution in [-0.2, 0) is 0 Å². The number of hydrogen-bond donors (Lipinski definition) is 0. The average Bonchev–Trinajstić information content (AvgIpc) is 2.68. The summed E-state index contributed by atoms with van der Waals surface area (Å²) in [6.45, 7) is 7.64. The van der Waals surface area contributed by atoms with Crippen LogP contribution >= 0.6 is 0 Å². The first kappa shape index (κ1) is 19.2. The molecule has 0 N–H and O–H groups in total. The third kappa shape index (κ3) is 4.24. The van der Waals surface area contributed by atoms with Crippen LogP contribution in [0.4, 0.5) is 10.2 Å². The van der Waals surface area contributed by atoms with Crippen molar-refractivity contribution in [2.24, 2.45) is 0 Å². The lowest BCUT2D eigenvalue weighted by Gasteiger charge is -2.37. The number of benzene rings is 1. The first-order valence-electron chi connectivity index (χ1n) is 9.20. The molecule has 0 radical (unpaired) electrons. The van der Waals surface area contributed by atoms with E-state index in [0.717, 1.165) is 31.7 Å². The van der Waals surface area contributed by atoms with E-state index < -0.39 is 5.82 Å². The number of anilines is 1. The van der Waals surface area contributed by atoms with E-state index in [1.807, 2.05) is 17.0 Å². The molecule has 0 aliphatic carbocycles. The molecule has 2 aromatic rings. The van der Waals surface area contributed by atoms with Gasteiger partial charge in [-0.05, 0) is 26.0 Å². The number of hydrogen-bond acceptors (Lipinski definition) is 5. The quantitative estimate of drug-likeness (QED) is 0.827. The summed E-state index contributed by atoms with van der Waals surface area (Å²) in [6.07, 6.45) is 1.17. The summed E-state index contributed by atoms with van der Waals surface area (Å²) < 4.78 is 13.8. The number of amides is 1. The van der Waals surface area contributed by atoms with E-state index in [4.69, 9.17) is 0 Å². The monoisotopic (exact) mass is 371 g/mol. The number of carbonyl (C=O) groups is 1. The van der Waals surface area contributed by atoms with Crippen molar-refractivity contribution in [3.05, 3.63) is 41.8 Å². The van der Waals surface area contributed by atoms with Gasteiger partial charge in [-0.15, -0.1) is 0 Å². The van der Waals surface area contributed by atoms with Crippen molar-refractivity contribution >= 4 is 11.7 Å². The molecule has 1 aliphatic rings. The molecule has 7 heteroatoms. The maximum absolute atomic E-state index is 13.8. The summed E-state index contributed by atoms with van der Waals surface area (Å²) in [5, 5.41) is 0. The molecule has 1 aliphatic heterocycles. The van der Waals surface area contributed by atoms with E-state index in [9.17, 15) is 9.18 Å². The van der Waals surface area contributed by atoms with Gasteiger partial charge in [-0.25, -0.2) is 14.4 Å². The summed E-state index contributed by atoms with van der Waals surface area (Å²) in [5.41, 5.74) is 1.39. The van der Waals surface area contributed by atoms with Gasteiger partial charge in [0.25, 0.3) is 5.91 Å². The number of aromatic nitrogens is 2. The normalized spacial score (nSPS) is 15.3. The standard InChI is InChI=1S/C20H26FN5O/c1-14(2)25-9-11-26(12-10-25)20(27)16-7-5-15(6-8-16)18-22-13-17(21)19(23-18)24(3)4/h5-8,13-14H,9-12H2,1-4H3. The molecule has 27 heavy (non-hydrogen) atoms. The number of nitrogens with zero attached hydrogens (tertiary/aromatic N) is 5. The van der Waals surface area contributed by atoms with Crippen molar-refractivity contribution in [1.29, 1.82) is 0 Å². The summed E-state index contributed by atoms with van der Waals surface area (Å²) in [5.74, 6) is 0.253. The molecular weight excluding hydrogens is 345 g/mol. The Labute approximate surface area is 159 Å². The third-order valence-electron chi connectivity index (χ3n) is 4.87. The number of piperazine rings is 1. The minimum atomic E-state index is -0.462. The van der Waals surface area contributed by atoms with Gasteiger partial charge in [0.1, 0.15) is 0 Å². The van der Waals surface area contributed by atoms with Crippen molar-refractivity contribution in [3.8, 4) is 11.4 Å². The maximum atomic E-state index is 13.8. The van der Waals surface area contributed by atoms with E-state index in [2.05, 4.69) is 28.7 Å². The second-order valence-corrected chi connectivity index (χ2v) is 7.26. The maximum Gasteiger partial charge on any atom is 0.253 e. The van der Waals surface area contributed by atoms with Crippen molar-refractivity contribution in [1.82, 2.24) is 19.8 Å². The predicted molar refractivity (Wildman–Crippen MR) is 104 cm³/mol. The Morgan fingerprint density at radius 2 is 1.74 bits per heavy atom. The van der Waals surface area contributed by atoms with Crippen molar-refractivity contribution < 1.29 is 9.18 Å². The van der Waals surface area contributed by atoms with Gasteiger partial charge in [-0.2, -0.15) is 0 Å². The molecule has 0 saturated carbocycles. The van der Waals surface area contributed by atoms with Crippen LogP contribution in [0, 0.1) is 5.82 Å². The lowest BCUT2D eigenvalue weighted by atomic mass is 10.1. The topological polar surface area (TPSA) is 52.6 Å². The van der Waals surface area contributed by atoms with Crippen LogP contribution < -0.4 is 4.90 Å². The van der Waals surface area contributed by atoms with Crippen LogP contribution in [0.15, 0.2) is 30.5 Å². The molecule has 3 rings (SSSR count). The highest BCUT2D eigenvalue weighted by Gasteiger charge is 2.23. The van der Waals surface area contributed by atoms with Gasteiger partial charge < -0.3 is 9.80 Å². The van der Waals surface area contributed by atoms with Gasteiger partial charge in [-0.1, -0.05) is 12.1 Å². The number of carbonyl (C=O) groups excluding carboxylic acids is 1. The Morgan fingerprint density at radius 3 is 2.30 bits per heavy atom. The van der Waals surface area contributed by atoms with Crippen LogP contribution in [0.1, 0.15) is 24.2 Å². The fraction of sp³-hybridized carbons (Fsp3) is 0.450. The van der Waals surface area contributed by atoms with Gasteiger partial charge in [-0.3, -0.25) is 9.69 Å². The number of rotatable bonds is 4. The van der Waals surface area contributed by atoms with Gasteiger partial charge in [0.2, 0.25) is 0 Å². The Morgan fingerprint density at radius 1 is 1.11 bits per heavy atom. The van der Waals surface area contributed by atoms with Crippen LogP contribution in [0.3, 0.4) is 0 Å².